The van der Waals surface area contributed by atoms with Gasteiger partial charge in [0.05, 0.1) is 17.2 Å². The monoisotopic (exact) mass is 248 g/mol. The summed E-state index contributed by atoms with van der Waals surface area (Å²) in [6.45, 7) is 0. The highest BCUT2D eigenvalue weighted by atomic mass is 35.5. The van der Waals surface area contributed by atoms with Gasteiger partial charge in [0.25, 0.3) is 0 Å². The molecule has 0 saturated heterocycles. The van der Waals surface area contributed by atoms with Crippen molar-refractivity contribution in [3.05, 3.63) is 47.9 Å². The SMILES string of the molecule is Fc1cnc(Cl)nc1-n1ccc2ncccc21. The normalized spacial score (nSPS) is 10.9. The first kappa shape index (κ1) is 10.2. The van der Waals surface area contributed by atoms with Crippen LogP contribution in [0.15, 0.2) is 36.8 Å². The van der Waals surface area contributed by atoms with Crippen LogP contribution >= 0.6 is 11.6 Å². The van der Waals surface area contributed by atoms with E-state index >= 15 is 0 Å². The van der Waals surface area contributed by atoms with Crippen molar-refractivity contribution < 1.29 is 4.39 Å². The van der Waals surface area contributed by atoms with Crippen LogP contribution in [0.1, 0.15) is 0 Å². The summed E-state index contributed by atoms with van der Waals surface area (Å²) >= 11 is 5.67. The second kappa shape index (κ2) is 3.78. The Bertz CT molecular complexity index is 695. The van der Waals surface area contributed by atoms with Gasteiger partial charge in [-0.05, 0) is 29.8 Å². The summed E-state index contributed by atoms with van der Waals surface area (Å²) in [5.74, 6) is -0.413. The Morgan fingerprint density at radius 3 is 3.00 bits per heavy atom. The van der Waals surface area contributed by atoms with Crippen molar-refractivity contribution in [3.8, 4) is 5.82 Å². The molecule has 0 aromatic carbocycles. The third kappa shape index (κ3) is 1.64. The average Bonchev–Trinajstić information content (AvgIpc) is 2.76. The topological polar surface area (TPSA) is 43.6 Å². The van der Waals surface area contributed by atoms with Gasteiger partial charge in [-0.15, -0.1) is 0 Å². The molecular weight excluding hydrogens is 243 g/mol. The van der Waals surface area contributed by atoms with E-state index in [2.05, 4.69) is 15.0 Å². The van der Waals surface area contributed by atoms with E-state index in [0.29, 0.717) is 0 Å². The highest BCUT2D eigenvalue weighted by Crippen LogP contribution is 2.19. The van der Waals surface area contributed by atoms with E-state index in [-0.39, 0.29) is 11.1 Å². The molecule has 4 nitrogen and oxygen atoms in total. The molecule has 0 saturated carbocycles. The van der Waals surface area contributed by atoms with Crippen LogP contribution in [0.4, 0.5) is 4.39 Å². The van der Waals surface area contributed by atoms with Gasteiger partial charge in [-0.2, -0.15) is 4.98 Å². The number of rotatable bonds is 1. The first-order chi connectivity index (χ1) is 8.25. The molecule has 3 aromatic heterocycles. The number of fused-ring (bicyclic) bond motifs is 1. The Hall–Kier alpha value is -2.01. The predicted octanol–water partition coefficient (Wildman–Crippen LogP) is 2.61. The Morgan fingerprint density at radius 1 is 1.24 bits per heavy atom. The van der Waals surface area contributed by atoms with Crippen LogP contribution in [-0.4, -0.2) is 19.5 Å². The van der Waals surface area contributed by atoms with Crippen molar-refractivity contribution in [2.45, 2.75) is 0 Å². The van der Waals surface area contributed by atoms with E-state index in [1.165, 1.54) is 0 Å². The Labute approximate surface area is 101 Å². The minimum atomic E-state index is -0.532. The minimum absolute atomic E-state index is 0.00661. The molecule has 0 aliphatic carbocycles. The second-order valence-corrected chi connectivity index (χ2v) is 3.74. The molecule has 0 bridgehead atoms. The minimum Gasteiger partial charge on any atom is -0.297 e. The van der Waals surface area contributed by atoms with Gasteiger partial charge in [0.2, 0.25) is 5.28 Å². The molecule has 84 valence electrons. The number of hydrogen-bond donors (Lipinski definition) is 0. The summed E-state index contributed by atoms with van der Waals surface area (Å²) in [6.07, 6.45) is 4.42. The van der Waals surface area contributed by atoms with Gasteiger partial charge >= 0.3 is 0 Å². The van der Waals surface area contributed by atoms with E-state index in [4.69, 9.17) is 11.6 Å². The van der Waals surface area contributed by atoms with Crippen molar-refractivity contribution in [2.75, 3.05) is 0 Å². The molecular formula is C11H6ClFN4. The maximum atomic E-state index is 13.6. The van der Waals surface area contributed by atoms with Crippen molar-refractivity contribution in [2.24, 2.45) is 0 Å². The average molecular weight is 249 g/mol. The van der Waals surface area contributed by atoms with Gasteiger partial charge in [-0.1, -0.05) is 0 Å². The summed E-state index contributed by atoms with van der Waals surface area (Å²) in [4.78, 5) is 11.6. The molecule has 0 unspecified atom stereocenters. The van der Waals surface area contributed by atoms with E-state index in [9.17, 15) is 4.39 Å². The summed E-state index contributed by atoms with van der Waals surface area (Å²) in [5.41, 5.74) is 1.53. The fourth-order valence-electron chi connectivity index (χ4n) is 1.66. The lowest BCUT2D eigenvalue weighted by atomic mass is 10.4. The van der Waals surface area contributed by atoms with Crippen LogP contribution in [0.5, 0.6) is 0 Å². The van der Waals surface area contributed by atoms with Gasteiger partial charge < -0.3 is 0 Å². The lowest BCUT2D eigenvalue weighted by Crippen LogP contribution is -2.01. The number of pyridine rings is 1. The molecule has 17 heavy (non-hydrogen) atoms. The van der Waals surface area contributed by atoms with Crippen molar-refractivity contribution >= 4 is 22.6 Å². The highest BCUT2D eigenvalue weighted by molar-refractivity contribution is 6.28. The molecule has 6 heteroatoms. The van der Waals surface area contributed by atoms with Crippen LogP contribution in [0, 0.1) is 5.82 Å². The maximum absolute atomic E-state index is 13.6. The van der Waals surface area contributed by atoms with Crippen LogP contribution in [0.3, 0.4) is 0 Å². The van der Waals surface area contributed by atoms with Crippen molar-refractivity contribution in [3.63, 3.8) is 0 Å². The smallest absolute Gasteiger partial charge is 0.224 e. The fraction of sp³-hybridized carbons (Fsp3) is 0. The zero-order valence-corrected chi connectivity index (χ0v) is 9.26. The van der Waals surface area contributed by atoms with Crippen LogP contribution in [0.2, 0.25) is 5.28 Å². The molecule has 0 N–H and O–H groups in total. The molecule has 0 spiro atoms. The van der Waals surface area contributed by atoms with E-state index in [1.807, 2.05) is 6.07 Å². The molecule has 3 rings (SSSR count). The quantitative estimate of drug-likeness (QED) is 0.622. The summed E-state index contributed by atoms with van der Waals surface area (Å²) in [7, 11) is 0. The highest BCUT2D eigenvalue weighted by Gasteiger charge is 2.10. The largest absolute Gasteiger partial charge is 0.297 e. The zero-order valence-electron chi connectivity index (χ0n) is 8.51. The Kier molecular flexibility index (Phi) is 2.26. The molecule has 0 amide bonds. The van der Waals surface area contributed by atoms with Crippen LogP contribution in [0.25, 0.3) is 16.9 Å². The van der Waals surface area contributed by atoms with Crippen LogP contribution in [-0.2, 0) is 0 Å². The van der Waals surface area contributed by atoms with E-state index < -0.39 is 5.82 Å². The summed E-state index contributed by atoms with van der Waals surface area (Å²) < 4.78 is 15.2. The van der Waals surface area contributed by atoms with Crippen molar-refractivity contribution in [1.82, 2.24) is 19.5 Å². The molecule has 3 heterocycles. The number of hydrogen-bond acceptors (Lipinski definition) is 3. The van der Waals surface area contributed by atoms with Gasteiger partial charge in [0.1, 0.15) is 0 Å². The third-order valence-electron chi connectivity index (χ3n) is 2.38. The number of aromatic nitrogens is 4. The molecule has 0 aliphatic rings. The molecule has 0 radical (unpaired) electrons. The van der Waals surface area contributed by atoms with E-state index in [1.54, 1.807) is 29.1 Å². The molecule has 0 atom stereocenters. The van der Waals surface area contributed by atoms with Crippen molar-refractivity contribution in [1.29, 1.82) is 0 Å². The molecule has 0 aliphatic heterocycles. The Balaban J connectivity index is 2.31. The summed E-state index contributed by atoms with van der Waals surface area (Å²) in [5, 5.41) is 0.00661. The van der Waals surface area contributed by atoms with E-state index in [0.717, 1.165) is 17.2 Å². The maximum Gasteiger partial charge on any atom is 0.224 e. The zero-order chi connectivity index (χ0) is 11.8. The van der Waals surface area contributed by atoms with Gasteiger partial charge in [-0.3, -0.25) is 9.55 Å². The molecule has 3 aromatic rings. The van der Waals surface area contributed by atoms with Gasteiger partial charge in [0.15, 0.2) is 11.6 Å². The first-order valence-corrected chi connectivity index (χ1v) is 5.24. The van der Waals surface area contributed by atoms with Crippen LogP contribution < -0.4 is 0 Å². The lowest BCUT2D eigenvalue weighted by molar-refractivity contribution is 0.603. The molecule has 0 fully saturated rings. The lowest BCUT2D eigenvalue weighted by Gasteiger charge is -2.04. The first-order valence-electron chi connectivity index (χ1n) is 4.86. The van der Waals surface area contributed by atoms with Gasteiger partial charge in [0, 0.05) is 12.4 Å². The second-order valence-electron chi connectivity index (χ2n) is 3.40. The third-order valence-corrected chi connectivity index (χ3v) is 2.56. The Morgan fingerprint density at radius 2 is 2.12 bits per heavy atom. The summed E-state index contributed by atoms with van der Waals surface area (Å²) in [6, 6.07) is 5.39. The predicted molar refractivity (Wildman–Crippen MR) is 61.6 cm³/mol. The number of halogens is 2. The fourth-order valence-corrected chi connectivity index (χ4v) is 1.79. The van der Waals surface area contributed by atoms with Gasteiger partial charge in [-0.25, -0.2) is 9.37 Å². The standard InChI is InChI=1S/C11H6ClFN4/c12-11-15-6-7(13)10(16-11)17-5-3-8-9(17)2-1-4-14-8/h1-6H. The number of nitrogens with zero attached hydrogens (tertiary/aromatic N) is 4.